The predicted octanol–water partition coefficient (Wildman–Crippen LogP) is 30.1. The van der Waals surface area contributed by atoms with Gasteiger partial charge in [-0.15, -0.1) is 0 Å². The van der Waals surface area contributed by atoms with E-state index >= 15 is 0 Å². The van der Waals surface area contributed by atoms with Crippen molar-refractivity contribution in [1.29, 1.82) is 0 Å². The van der Waals surface area contributed by atoms with E-state index in [0.717, 1.165) is 64.8 Å². The minimum absolute atomic E-state index is 0.228. The summed E-state index contributed by atoms with van der Waals surface area (Å²) in [6, 6.07) is 183. The van der Waals surface area contributed by atoms with Crippen LogP contribution in [0.15, 0.2) is 491 Å². The van der Waals surface area contributed by atoms with E-state index in [-0.39, 0.29) is 27.1 Å². The molecule has 0 fully saturated rings. The fourth-order valence-electron chi connectivity index (χ4n) is 27.2. The minimum atomic E-state index is -0.310. The smallest absolute Gasteiger partial charge is 0.0719 e. The lowest BCUT2D eigenvalue weighted by molar-refractivity contribution is 0.400. The maximum Gasteiger partial charge on any atom is 0.0719 e. The van der Waals surface area contributed by atoms with E-state index in [1.807, 2.05) is 0 Å². The molecule has 20 aromatic rings. The molecule has 0 amide bonds. The average molecular weight is 1940 g/mol. The van der Waals surface area contributed by atoms with E-state index in [1.54, 1.807) is 0 Å². The first kappa shape index (κ1) is 97.6. The quantitative estimate of drug-likeness (QED) is 0.0955. The Morgan fingerprint density at radius 1 is 0.153 bits per heavy atom. The molecule has 0 saturated heterocycles. The van der Waals surface area contributed by atoms with Crippen LogP contribution in [0.1, 0.15) is 195 Å². The van der Waals surface area contributed by atoms with Crippen LogP contribution in [0, 0.1) is 0 Å². The van der Waals surface area contributed by atoms with Gasteiger partial charge in [0.15, 0.2) is 0 Å². The maximum absolute atomic E-state index is 2.45. The highest BCUT2D eigenvalue weighted by Gasteiger charge is 2.54. The first-order valence-electron chi connectivity index (χ1n) is 53.5. The van der Waals surface area contributed by atoms with Crippen molar-refractivity contribution in [2.24, 2.45) is 0 Å². The Kier molecular flexibility index (Phi) is 26.9. The minimum Gasteiger partial charge on any atom is -0.305 e. The summed E-state index contributed by atoms with van der Waals surface area (Å²) in [6.07, 6.45) is 4.95. The highest BCUT2D eigenvalue weighted by molar-refractivity contribution is 5.91. The lowest BCUT2D eigenvalue weighted by Crippen LogP contribution is -2.36. The zero-order valence-electron chi connectivity index (χ0n) is 88.1. The molecule has 0 unspecified atom stereocenters. The molecule has 0 radical (unpaired) electrons. The van der Waals surface area contributed by atoms with Gasteiger partial charge in [-0.3, -0.25) is 0 Å². The van der Waals surface area contributed by atoms with Crippen LogP contribution >= 0.6 is 0 Å². The normalized spacial score (nSPS) is 14.5. The SMILES string of the molecule is CN(C)Cc1ccc2c(c1)-c1ccccc1C21c2ccccc2Cc2ccccc21.CN(C)Cc1ccc2c(c1)C(c1ccccc1)(c1ccccc1)c1ccccc1C2.CN(C)Cc1ccc2c(c1)Cc1ccccc1C2(c1ccccc1)c1ccccc1.CN(C)Cc1cccc2c1-c1ccccc1C21c2ccccc2Cc2ccccc21.CN(C)Cc1cccc2c1Cc1ccccc1C2(c1ccccc1)c1ccccc1. The molecule has 0 N–H and O–H groups in total. The van der Waals surface area contributed by atoms with E-state index in [1.165, 1.54) is 217 Å². The van der Waals surface area contributed by atoms with Crippen LogP contribution in [-0.2, 0) is 91.9 Å². The number of nitrogens with zero attached hydrogens (tertiary/aromatic N) is 5. The van der Waals surface area contributed by atoms with Crippen molar-refractivity contribution in [3.8, 4) is 22.3 Å². The summed E-state index contributed by atoms with van der Waals surface area (Å²) in [5.41, 5.74) is 53.3. The lowest BCUT2D eigenvalue weighted by Gasteiger charge is -2.43. The van der Waals surface area contributed by atoms with Crippen molar-refractivity contribution >= 4 is 0 Å². The Morgan fingerprint density at radius 3 is 0.793 bits per heavy atom. The van der Waals surface area contributed by atoms with Gasteiger partial charge >= 0.3 is 0 Å². The third-order valence-corrected chi connectivity index (χ3v) is 32.6. The molecule has 0 bridgehead atoms. The van der Waals surface area contributed by atoms with Gasteiger partial charge in [0.1, 0.15) is 0 Å². The molecule has 27 rings (SSSR count). The van der Waals surface area contributed by atoms with Crippen LogP contribution in [0.5, 0.6) is 0 Å². The Balaban J connectivity index is 0.000000103. The van der Waals surface area contributed by atoms with Crippen molar-refractivity contribution in [3.63, 3.8) is 0 Å². The topological polar surface area (TPSA) is 16.2 Å². The fourth-order valence-corrected chi connectivity index (χ4v) is 27.2. The van der Waals surface area contributed by atoms with Crippen LogP contribution < -0.4 is 0 Å². The molecule has 5 heteroatoms. The van der Waals surface area contributed by atoms with Gasteiger partial charge in [-0.2, -0.15) is 0 Å². The van der Waals surface area contributed by atoms with Crippen molar-refractivity contribution in [3.05, 3.63) is 686 Å². The molecule has 7 aliphatic rings. The Labute approximate surface area is 888 Å². The summed E-state index contributed by atoms with van der Waals surface area (Å²) < 4.78 is 0. The number of rotatable bonds is 16. The van der Waals surface area contributed by atoms with Crippen LogP contribution in [0.4, 0.5) is 0 Å². The first-order chi connectivity index (χ1) is 73.5. The monoisotopic (exact) mass is 1940 g/mol. The van der Waals surface area contributed by atoms with Gasteiger partial charge in [-0.25, -0.2) is 0 Å². The van der Waals surface area contributed by atoms with Gasteiger partial charge in [0.05, 0.1) is 27.1 Å². The highest BCUT2D eigenvalue weighted by atomic mass is 15.1. The Hall–Kier alpha value is -15.8. The molecule has 0 heterocycles. The standard InChI is InChI=1S/2C29H25N.3C29H27N/c1-30(2)19-22-12-9-17-27-28(22)23-13-5-8-16-26(23)29(27)24-14-6-3-10-20(24)18-21-11-4-7-15-25(21)29;1-30(2)19-20-15-16-28-24(17-20)23-11-5-8-14-27(23)29(28)25-12-6-3-9-21(25)18-22-10-4-7-13-26(22)29;1-30(2)21-23-13-11-19-28-26(23)20-22-12-9-10-18-27(22)29(28,24-14-5-3-6-15-24)25-16-7-4-8-17-25;1-30(2)21-22-17-18-28-24(19-22)20-23-11-9-10-16-27(23)29(28,25-12-5-3-6-13-25)26-14-7-4-8-15-26;1-30(2)21-22-17-18-24-20-23-11-9-10-16-27(23)29(28(24)19-22,25-12-5-3-6-13-25)26-14-7-4-8-15-26/h2*3-17H,18-19H2,1-2H3;3*3-19H,20-21H2,1-2H3. The second-order valence-electron chi connectivity index (χ2n) is 43.4. The largest absolute Gasteiger partial charge is 0.305 e. The molecule has 150 heavy (non-hydrogen) atoms. The lowest BCUT2D eigenvalue weighted by atomic mass is 9.59. The van der Waals surface area contributed by atoms with E-state index in [2.05, 4.69) is 586 Å². The molecule has 0 atom stereocenters. The van der Waals surface area contributed by atoms with Crippen molar-refractivity contribution < 1.29 is 0 Å². The number of hydrogen-bond donors (Lipinski definition) is 0. The molecule has 0 aromatic heterocycles. The van der Waals surface area contributed by atoms with E-state index in [9.17, 15) is 0 Å². The second-order valence-corrected chi connectivity index (χ2v) is 43.4. The van der Waals surface area contributed by atoms with Crippen LogP contribution in [-0.4, -0.2) is 95.0 Å². The van der Waals surface area contributed by atoms with Gasteiger partial charge < -0.3 is 24.5 Å². The summed E-state index contributed by atoms with van der Waals surface area (Å²) >= 11 is 0. The van der Waals surface area contributed by atoms with Crippen LogP contribution in [0.2, 0.25) is 0 Å². The van der Waals surface area contributed by atoms with Crippen LogP contribution in [0.25, 0.3) is 22.3 Å². The van der Waals surface area contributed by atoms with Crippen molar-refractivity contribution in [1.82, 2.24) is 24.5 Å². The number of hydrogen-bond acceptors (Lipinski definition) is 5. The summed E-state index contributed by atoms with van der Waals surface area (Å²) in [7, 11) is 21.4. The fraction of sp³-hybridized carbons (Fsp3) is 0.172. The van der Waals surface area contributed by atoms with Gasteiger partial charge in [0.25, 0.3) is 0 Å². The van der Waals surface area contributed by atoms with Gasteiger partial charge in [0, 0.05) is 32.7 Å². The maximum atomic E-state index is 2.45. The zero-order valence-corrected chi connectivity index (χ0v) is 88.1. The molecular formula is C145H131N5. The molecule has 5 nitrogen and oxygen atoms in total. The summed E-state index contributed by atoms with van der Waals surface area (Å²) in [6.45, 7) is 4.74. The number of fused-ring (bicyclic) bond motifs is 24. The summed E-state index contributed by atoms with van der Waals surface area (Å²) in [5.74, 6) is 0. The second kappa shape index (κ2) is 41.4. The molecule has 20 aromatic carbocycles. The summed E-state index contributed by atoms with van der Waals surface area (Å²) in [5, 5.41) is 0. The van der Waals surface area contributed by atoms with E-state index < -0.39 is 0 Å². The third kappa shape index (κ3) is 17.0. The molecule has 736 valence electrons. The summed E-state index contributed by atoms with van der Waals surface area (Å²) in [4.78, 5) is 11.3. The van der Waals surface area contributed by atoms with Gasteiger partial charge in [-0.1, -0.05) is 485 Å². The molecular weight excluding hydrogens is 1810 g/mol. The molecule has 0 aliphatic heterocycles. The number of benzene rings is 20. The molecule has 7 aliphatic carbocycles. The Morgan fingerprint density at radius 2 is 0.400 bits per heavy atom. The zero-order chi connectivity index (χ0) is 102. The predicted molar refractivity (Wildman–Crippen MR) is 623 cm³/mol. The first-order valence-corrected chi connectivity index (χ1v) is 53.5. The highest BCUT2D eigenvalue weighted by Crippen LogP contribution is 2.63. The van der Waals surface area contributed by atoms with E-state index in [0.29, 0.717) is 0 Å². The molecule has 0 saturated carbocycles. The Bertz CT molecular complexity index is 7930. The van der Waals surface area contributed by atoms with E-state index in [4.69, 9.17) is 0 Å². The van der Waals surface area contributed by atoms with Crippen LogP contribution in [0.3, 0.4) is 0 Å². The van der Waals surface area contributed by atoms with Gasteiger partial charge in [0.2, 0.25) is 0 Å². The average Bonchev–Trinajstić information content (AvgIpc) is 1.52. The van der Waals surface area contributed by atoms with Crippen molar-refractivity contribution in [2.75, 3.05) is 70.5 Å². The molecule has 2 spiro atoms. The van der Waals surface area contributed by atoms with Crippen molar-refractivity contribution in [2.45, 2.75) is 91.9 Å². The van der Waals surface area contributed by atoms with Gasteiger partial charge in [-0.05, 0) is 326 Å². The third-order valence-electron chi connectivity index (χ3n) is 32.6.